The van der Waals surface area contributed by atoms with Crippen molar-refractivity contribution in [2.24, 2.45) is 0 Å². The molecule has 0 radical (unpaired) electrons. The van der Waals surface area contributed by atoms with Crippen LogP contribution in [-0.4, -0.2) is 17.1 Å². The molecule has 2 N–H and O–H groups in total. The van der Waals surface area contributed by atoms with Crippen LogP contribution in [0.25, 0.3) is 0 Å². The minimum absolute atomic E-state index is 0.0463. The minimum atomic E-state index is -0.150. The third kappa shape index (κ3) is 2.31. The van der Waals surface area contributed by atoms with Gasteiger partial charge in [0.05, 0.1) is 0 Å². The fraction of sp³-hybridized carbons (Fsp3) is 0.667. The second-order valence-corrected chi connectivity index (χ2v) is 2.09. The van der Waals surface area contributed by atoms with Gasteiger partial charge < -0.3 is 10.6 Å². The van der Waals surface area contributed by atoms with Crippen LogP contribution in [0.1, 0.15) is 20.8 Å². The van der Waals surface area contributed by atoms with Gasteiger partial charge >= 0.3 is 0 Å². The summed E-state index contributed by atoms with van der Waals surface area (Å²) < 4.78 is 0. The highest BCUT2D eigenvalue weighted by molar-refractivity contribution is 7.80. The Balaban J connectivity index is 0.000000371. The second kappa shape index (κ2) is 4.22. The van der Waals surface area contributed by atoms with Crippen LogP contribution < -0.4 is 10.6 Å². The van der Waals surface area contributed by atoms with E-state index in [1.807, 2.05) is 13.8 Å². The quantitative estimate of drug-likeness (QED) is 0.504. The Kier molecular flexibility index (Phi) is 3.95. The highest BCUT2D eigenvalue weighted by Crippen LogP contribution is 1.88. The summed E-state index contributed by atoms with van der Waals surface area (Å²) in [5.74, 6) is -0.0463. The zero-order chi connectivity index (χ0) is 8.15. The molecule has 0 aliphatic carbocycles. The largest absolute Gasteiger partial charge is 0.351 e. The summed E-state index contributed by atoms with van der Waals surface area (Å²) >= 11 is 4.63. The first-order chi connectivity index (χ1) is 4.70. The highest BCUT2D eigenvalue weighted by atomic mass is 32.1. The molecule has 0 aromatic rings. The first kappa shape index (κ1) is 9.36. The van der Waals surface area contributed by atoms with Crippen LogP contribution in [0.4, 0.5) is 0 Å². The molecule has 0 aromatic carbocycles. The first-order valence-electron chi connectivity index (χ1n) is 3.31. The predicted octanol–water partition coefficient (Wildman–Crippen LogP) is 0.405. The molecular weight excluding hydrogens is 148 g/mol. The molecular formula is C6H12N2OS. The van der Waals surface area contributed by atoms with E-state index in [0.29, 0.717) is 5.11 Å². The molecule has 1 saturated heterocycles. The molecule has 3 nitrogen and oxygen atoms in total. The van der Waals surface area contributed by atoms with Gasteiger partial charge in [0.15, 0.2) is 5.11 Å². The molecule has 1 amide bonds. The molecule has 1 unspecified atom stereocenters. The third-order valence-corrected chi connectivity index (χ3v) is 1.20. The van der Waals surface area contributed by atoms with Crippen molar-refractivity contribution in [1.82, 2.24) is 10.6 Å². The molecule has 4 heteroatoms. The lowest BCUT2D eigenvalue weighted by Crippen LogP contribution is -2.24. The molecule has 10 heavy (non-hydrogen) atoms. The molecule has 0 bridgehead atoms. The Bertz CT molecular complexity index is 147. The smallest absolute Gasteiger partial charge is 0.248 e. The molecule has 58 valence electrons. The molecule has 1 rings (SSSR count). The number of rotatable bonds is 0. The van der Waals surface area contributed by atoms with Crippen molar-refractivity contribution in [3.8, 4) is 0 Å². The Morgan fingerprint density at radius 1 is 1.50 bits per heavy atom. The molecule has 1 atom stereocenters. The van der Waals surface area contributed by atoms with Crippen molar-refractivity contribution >= 4 is 23.2 Å². The van der Waals surface area contributed by atoms with Gasteiger partial charge in [-0.3, -0.25) is 4.79 Å². The van der Waals surface area contributed by atoms with E-state index < -0.39 is 0 Å². The minimum Gasteiger partial charge on any atom is -0.351 e. The Hall–Kier alpha value is -0.640. The molecule has 1 heterocycles. The van der Waals surface area contributed by atoms with Crippen LogP contribution >= 0.6 is 12.2 Å². The van der Waals surface area contributed by atoms with E-state index in [0.717, 1.165) is 0 Å². The normalized spacial score (nSPS) is 22.5. The third-order valence-electron chi connectivity index (χ3n) is 0.978. The maximum absolute atomic E-state index is 10.5. The maximum Gasteiger partial charge on any atom is 0.248 e. The summed E-state index contributed by atoms with van der Waals surface area (Å²) in [7, 11) is 0. The second-order valence-electron chi connectivity index (χ2n) is 1.68. The van der Waals surface area contributed by atoms with Crippen LogP contribution in [0.3, 0.4) is 0 Å². The topological polar surface area (TPSA) is 41.1 Å². The van der Waals surface area contributed by atoms with E-state index in [2.05, 4.69) is 22.9 Å². The zero-order valence-corrected chi connectivity index (χ0v) is 7.21. The van der Waals surface area contributed by atoms with Gasteiger partial charge in [-0.25, -0.2) is 0 Å². The number of thiocarbonyl (C=S) groups is 1. The lowest BCUT2D eigenvalue weighted by molar-refractivity contribution is -0.119. The summed E-state index contributed by atoms with van der Waals surface area (Å²) in [5.41, 5.74) is 0. The Morgan fingerprint density at radius 2 is 2.00 bits per heavy atom. The summed E-state index contributed by atoms with van der Waals surface area (Å²) in [6, 6.07) is -0.150. The van der Waals surface area contributed by atoms with E-state index in [4.69, 9.17) is 0 Å². The Morgan fingerprint density at radius 3 is 2.10 bits per heavy atom. The molecule has 1 aliphatic rings. The predicted molar refractivity (Wildman–Crippen MR) is 44.7 cm³/mol. The lowest BCUT2D eigenvalue weighted by atomic mass is 10.4. The van der Waals surface area contributed by atoms with Crippen molar-refractivity contribution in [2.45, 2.75) is 26.8 Å². The fourth-order valence-corrected chi connectivity index (χ4v) is 0.796. The van der Waals surface area contributed by atoms with Crippen molar-refractivity contribution in [2.75, 3.05) is 0 Å². The van der Waals surface area contributed by atoms with Gasteiger partial charge in [0, 0.05) is 0 Å². The SMILES string of the molecule is CC.CC1NC(=S)NC1=O. The van der Waals surface area contributed by atoms with Gasteiger partial charge in [-0.1, -0.05) is 13.8 Å². The lowest BCUT2D eigenvalue weighted by Gasteiger charge is -1.93. The van der Waals surface area contributed by atoms with Crippen LogP contribution in [-0.2, 0) is 4.79 Å². The van der Waals surface area contributed by atoms with Crippen LogP contribution in [0.5, 0.6) is 0 Å². The van der Waals surface area contributed by atoms with Gasteiger partial charge in [0.1, 0.15) is 6.04 Å². The van der Waals surface area contributed by atoms with Crippen molar-refractivity contribution in [1.29, 1.82) is 0 Å². The van der Waals surface area contributed by atoms with Crippen molar-refractivity contribution in [3.05, 3.63) is 0 Å². The number of nitrogens with one attached hydrogen (secondary N) is 2. The summed E-state index contributed by atoms with van der Waals surface area (Å²) in [6.45, 7) is 5.76. The average molecular weight is 160 g/mol. The molecule has 1 aliphatic heterocycles. The molecule has 0 spiro atoms. The summed E-state index contributed by atoms with van der Waals surface area (Å²) in [6.07, 6.45) is 0. The molecule has 0 saturated carbocycles. The molecule has 1 fully saturated rings. The van der Waals surface area contributed by atoms with Crippen LogP contribution in [0.15, 0.2) is 0 Å². The average Bonchev–Trinajstić information content (AvgIpc) is 2.16. The van der Waals surface area contributed by atoms with Crippen molar-refractivity contribution < 1.29 is 4.79 Å². The highest BCUT2D eigenvalue weighted by Gasteiger charge is 2.21. The van der Waals surface area contributed by atoms with Crippen molar-refractivity contribution in [3.63, 3.8) is 0 Å². The summed E-state index contributed by atoms with van der Waals surface area (Å²) in [5, 5.41) is 5.62. The van der Waals surface area contributed by atoms with Crippen LogP contribution in [0.2, 0.25) is 0 Å². The van der Waals surface area contributed by atoms with Crippen LogP contribution in [0, 0.1) is 0 Å². The summed E-state index contributed by atoms with van der Waals surface area (Å²) in [4.78, 5) is 10.5. The van der Waals surface area contributed by atoms with Gasteiger partial charge in [-0.2, -0.15) is 0 Å². The van der Waals surface area contributed by atoms with Gasteiger partial charge in [-0.15, -0.1) is 0 Å². The Labute approximate surface area is 66.2 Å². The van der Waals surface area contributed by atoms with E-state index in [1.165, 1.54) is 0 Å². The fourth-order valence-electron chi connectivity index (χ4n) is 0.518. The number of carbonyl (C=O) groups is 1. The molecule has 0 aromatic heterocycles. The van der Waals surface area contributed by atoms with E-state index in [9.17, 15) is 4.79 Å². The number of hydrogen-bond acceptors (Lipinski definition) is 2. The van der Waals surface area contributed by atoms with Gasteiger partial charge in [0.2, 0.25) is 5.91 Å². The van der Waals surface area contributed by atoms with E-state index >= 15 is 0 Å². The zero-order valence-electron chi connectivity index (χ0n) is 6.39. The van der Waals surface area contributed by atoms with Gasteiger partial charge in [0.25, 0.3) is 0 Å². The van der Waals surface area contributed by atoms with E-state index in [-0.39, 0.29) is 11.9 Å². The first-order valence-corrected chi connectivity index (χ1v) is 3.72. The van der Waals surface area contributed by atoms with Gasteiger partial charge in [-0.05, 0) is 19.1 Å². The number of amides is 1. The number of hydrogen-bond donors (Lipinski definition) is 2. The maximum atomic E-state index is 10.5. The van der Waals surface area contributed by atoms with E-state index in [1.54, 1.807) is 6.92 Å². The number of carbonyl (C=O) groups excluding carboxylic acids is 1. The monoisotopic (exact) mass is 160 g/mol. The standard InChI is InChI=1S/C4H6N2OS.C2H6/c1-2-3(7)6-4(8)5-2;1-2/h2H,1H3,(H2,5,6,7,8);1-2H3.